The van der Waals surface area contributed by atoms with E-state index in [2.05, 4.69) is 24.9 Å². The molecule has 0 spiro atoms. The zero-order chi connectivity index (χ0) is 24.7. The molecule has 3 rings (SSSR count). The van der Waals surface area contributed by atoms with Crippen molar-refractivity contribution >= 4 is 0 Å². The summed E-state index contributed by atoms with van der Waals surface area (Å²) in [6.07, 6.45) is 22.8. The van der Waals surface area contributed by atoms with E-state index in [9.17, 15) is 4.39 Å². The Morgan fingerprint density at radius 2 is 1.49 bits per heavy atom. The molecule has 1 aliphatic carbocycles. The summed E-state index contributed by atoms with van der Waals surface area (Å²) in [7, 11) is 0. The summed E-state index contributed by atoms with van der Waals surface area (Å²) < 4.78 is 20.6. The second-order valence-electron chi connectivity index (χ2n) is 10.7. The number of nitrogens with zero attached hydrogens (tertiary/aromatic N) is 1. The summed E-state index contributed by atoms with van der Waals surface area (Å²) in [5.41, 5.74) is 2.57. The fourth-order valence-corrected chi connectivity index (χ4v) is 5.49. The molecule has 2 aromatic rings. The largest absolute Gasteiger partial charge is 0.493 e. The van der Waals surface area contributed by atoms with Gasteiger partial charge in [-0.2, -0.15) is 0 Å². The highest BCUT2D eigenvalue weighted by molar-refractivity contribution is 5.61. The van der Waals surface area contributed by atoms with Gasteiger partial charge in [0.05, 0.1) is 12.3 Å². The van der Waals surface area contributed by atoms with Gasteiger partial charge in [-0.3, -0.25) is 4.98 Å². The van der Waals surface area contributed by atoms with Crippen molar-refractivity contribution in [2.75, 3.05) is 6.61 Å². The normalized spacial score (nSPS) is 18.0. The van der Waals surface area contributed by atoms with Crippen LogP contribution >= 0.6 is 0 Å². The Bertz CT molecular complexity index is 826. The van der Waals surface area contributed by atoms with Crippen LogP contribution in [0.3, 0.4) is 0 Å². The number of halogens is 1. The first-order chi connectivity index (χ1) is 17.2. The molecule has 0 atom stereocenters. The molecule has 1 saturated carbocycles. The van der Waals surface area contributed by atoms with Gasteiger partial charge in [-0.05, 0) is 67.7 Å². The lowest BCUT2D eigenvalue weighted by Gasteiger charge is -2.28. The number of aromatic nitrogens is 1. The standard InChI is InChI=1S/C32H48FNO/c1-3-5-7-9-11-13-23-35-29-20-21-30(31(33)24-29)32-22-19-28(25-34-32)27-17-15-26(16-18-27)14-12-10-8-6-4-2/h19-22,24-27H,3-18,23H2,1-2H3/t26-,27-. The third-order valence-corrected chi connectivity index (χ3v) is 7.80. The molecule has 1 aromatic heterocycles. The van der Waals surface area contributed by atoms with Gasteiger partial charge in [0.25, 0.3) is 0 Å². The van der Waals surface area contributed by atoms with E-state index < -0.39 is 0 Å². The monoisotopic (exact) mass is 481 g/mol. The second kappa shape index (κ2) is 16.0. The lowest BCUT2D eigenvalue weighted by atomic mass is 9.77. The molecule has 2 nitrogen and oxygen atoms in total. The quantitative estimate of drug-likeness (QED) is 0.222. The number of benzene rings is 1. The highest BCUT2D eigenvalue weighted by atomic mass is 19.1. The maximum absolute atomic E-state index is 14.8. The molecule has 1 heterocycles. The van der Waals surface area contributed by atoms with Crippen LogP contribution in [0.2, 0.25) is 0 Å². The van der Waals surface area contributed by atoms with Gasteiger partial charge < -0.3 is 4.74 Å². The lowest BCUT2D eigenvalue weighted by Crippen LogP contribution is -2.13. The van der Waals surface area contributed by atoms with Crippen LogP contribution in [0.1, 0.15) is 128 Å². The first-order valence-electron chi connectivity index (χ1n) is 14.6. The van der Waals surface area contributed by atoms with Crippen LogP contribution in [-0.2, 0) is 0 Å². The van der Waals surface area contributed by atoms with Crippen molar-refractivity contribution in [2.45, 2.75) is 122 Å². The molecule has 35 heavy (non-hydrogen) atoms. The topological polar surface area (TPSA) is 22.1 Å². The molecular formula is C32H48FNO. The molecule has 3 heteroatoms. The van der Waals surface area contributed by atoms with Gasteiger partial charge in [0.2, 0.25) is 0 Å². The zero-order valence-corrected chi connectivity index (χ0v) is 22.4. The summed E-state index contributed by atoms with van der Waals surface area (Å²) in [6.45, 7) is 5.16. The Hall–Kier alpha value is -1.90. The van der Waals surface area contributed by atoms with E-state index in [1.54, 1.807) is 6.07 Å². The molecule has 0 bridgehead atoms. The number of unbranched alkanes of at least 4 members (excludes halogenated alkanes) is 9. The number of hydrogen-bond acceptors (Lipinski definition) is 2. The summed E-state index contributed by atoms with van der Waals surface area (Å²) >= 11 is 0. The zero-order valence-electron chi connectivity index (χ0n) is 22.4. The lowest BCUT2D eigenvalue weighted by molar-refractivity contribution is 0.301. The minimum Gasteiger partial charge on any atom is -0.493 e. The van der Waals surface area contributed by atoms with Gasteiger partial charge in [0, 0.05) is 17.8 Å². The maximum atomic E-state index is 14.8. The molecule has 1 aliphatic rings. The minimum absolute atomic E-state index is 0.259. The van der Waals surface area contributed by atoms with E-state index in [4.69, 9.17) is 4.74 Å². The van der Waals surface area contributed by atoms with Gasteiger partial charge in [0.15, 0.2) is 0 Å². The first-order valence-corrected chi connectivity index (χ1v) is 14.6. The fourth-order valence-electron chi connectivity index (χ4n) is 5.49. The summed E-state index contributed by atoms with van der Waals surface area (Å²) in [6, 6.07) is 9.34. The van der Waals surface area contributed by atoms with Crippen molar-refractivity contribution in [3.63, 3.8) is 0 Å². The Morgan fingerprint density at radius 1 is 0.800 bits per heavy atom. The molecular weight excluding hydrogens is 433 g/mol. The van der Waals surface area contributed by atoms with Crippen molar-refractivity contribution < 1.29 is 9.13 Å². The maximum Gasteiger partial charge on any atom is 0.136 e. The molecule has 0 amide bonds. The van der Waals surface area contributed by atoms with E-state index in [1.165, 1.54) is 108 Å². The number of ether oxygens (including phenoxy) is 1. The average molecular weight is 482 g/mol. The van der Waals surface area contributed by atoms with Gasteiger partial charge in [-0.25, -0.2) is 4.39 Å². The Kier molecular flexibility index (Phi) is 12.6. The summed E-state index contributed by atoms with van der Waals surface area (Å²) in [5.74, 6) is 1.87. The van der Waals surface area contributed by atoms with E-state index in [0.29, 0.717) is 29.5 Å². The highest BCUT2D eigenvalue weighted by Crippen LogP contribution is 2.38. The minimum atomic E-state index is -0.259. The summed E-state index contributed by atoms with van der Waals surface area (Å²) in [4.78, 5) is 4.64. The van der Waals surface area contributed by atoms with Crippen LogP contribution in [0.25, 0.3) is 11.3 Å². The van der Waals surface area contributed by atoms with E-state index in [0.717, 1.165) is 12.3 Å². The molecule has 194 valence electrons. The third kappa shape index (κ3) is 9.58. The fraction of sp³-hybridized carbons (Fsp3) is 0.656. The Balaban J connectivity index is 1.42. The molecule has 1 fully saturated rings. The first kappa shape index (κ1) is 27.7. The van der Waals surface area contributed by atoms with Crippen molar-refractivity contribution in [3.8, 4) is 17.0 Å². The van der Waals surface area contributed by atoms with Crippen molar-refractivity contribution in [1.82, 2.24) is 4.98 Å². The highest BCUT2D eigenvalue weighted by Gasteiger charge is 2.22. The van der Waals surface area contributed by atoms with E-state index >= 15 is 0 Å². The molecule has 0 aliphatic heterocycles. The van der Waals surface area contributed by atoms with Crippen LogP contribution in [0.4, 0.5) is 4.39 Å². The third-order valence-electron chi connectivity index (χ3n) is 7.80. The predicted molar refractivity (Wildman–Crippen MR) is 147 cm³/mol. The Labute approximate surface area is 214 Å². The van der Waals surface area contributed by atoms with Crippen molar-refractivity contribution in [2.24, 2.45) is 5.92 Å². The van der Waals surface area contributed by atoms with Gasteiger partial charge in [-0.15, -0.1) is 0 Å². The predicted octanol–water partition coefficient (Wildman–Crippen LogP) is 10.3. The van der Waals surface area contributed by atoms with Crippen molar-refractivity contribution in [1.29, 1.82) is 0 Å². The molecule has 0 unspecified atom stereocenters. The van der Waals surface area contributed by atoms with Gasteiger partial charge in [0.1, 0.15) is 11.6 Å². The molecule has 0 N–H and O–H groups in total. The van der Waals surface area contributed by atoms with Crippen LogP contribution in [0, 0.1) is 11.7 Å². The van der Waals surface area contributed by atoms with Gasteiger partial charge in [-0.1, -0.05) is 90.5 Å². The smallest absolute Gasteiger partial charge is 0.136 e. The Morgan fingerprint density at radius 3 is 2.14 bits per heavy atom. The van der Waals surface area contributed by atoms with Crippen LogP contribution in [0.15, 0.2) is 36.5 Å². The van der Waals surface area contributed by atoms with Gasteiger partial charge >= 0.3 is 0 Å². The van der Waals surface area contributed by atoms with E-state index in [-0.39, 0.29) is 5.82 Å². The number of hydrogen-bond donors (Lipinski definition) is 0. The van der Waals surface area contributed by atoms with Crippen LogP contribution in [0.5, 0.6) is 5.75 Å². The van der Waals surface area contributed by atoms with E-state index in [1.807, 2.05) is 18.3 Å². The average Bonchev–Trinajstić information content (AvgIpc) is 2.89. The second-order valence-corrected chi connectivity index (χ2v) is 10.7. The van der Waals surface area contributed by atoms with Crippen LogP contribution < -0.4 is 4.74 Å². The molecule has 0 radical (unpaired) electrons. The van der Waals surface area contributed by atoms with Crippen molar-refractivity contribution in [3.05, 3.63) is 47.9 Å². The SMILES string of the molecule is CCCCCCCCOc1ccc(-c2ccc([C@H]3CC[C@H](CCCCCCC)CC3)cn2)c(F)c1. The number of pyridine rings is 1. The summed E-state index contributed by atoms with van der Waals surface area (Å²) in [5, 5.41) is 0. The number of rotatable bonds is 16. The van der Waals surface area contributed by atoms with Crippen LogP contribution in [-0.4, -0.2) is 11.6 Å². The molecule has 0 saturated heterocycles. The molecule has 1 aromatic carbocycles.